The van der Waals surface area contributed by atoms with Gasteiger partial charge in [-0.25, -0.2) is 17.9 Å². The van der Waals surface area contributed by atoms with Crippen LogP contribution in [0.2, 0.25) is 0 Å². The van der Waals surface area contributed by atoms with E-state index >= 15 is 0 Å². The maximum absolute atomic E-state index is 13.3. The molecule has 1 aliphatic rings. The molecule has 1 amide bonds. The topological polar surface area (TPSA) is 38.1 Å². The second kappa shape index (κ2) is 7.37. The minimum absolute atomic E-state index is 0.00609. The molecule has 1 saturated carbocycles. The maximum atomic E-state index is 13.3. The number of halogens is 3. The molecule has 0 saturated heterocycles. The highest BCUT2D eigenvalue weighted by molar-refractivity contribution is 5.94. The van der Waals surface area contributed by atoms with E-state index < -0.39 is 24.7 Å². The number of rotatable bonds is 6. The van der Waals surface area contributed by atoms with Crippen LogP contribution in [0, 0.1) is 0 Å². The zero-order valence-corrected chi connectivity index (χ0v) is 15.8. The lowest BCUT2D eigenvalue weighted by Crippen LogP contribution is -2.34. The SMILES string of the molecule is CC(C)(C)c1ccccc1CN(C(=O)c1nn(CF)cc1C(F)F)C1CC1. The average molecular weight is 379 g/mol. The van der Waals surface area contributed by atoms with E-state index in [1.165, 1.54) is 0 Å². The highest BCUT2D eigenvalue weighted by Gasteiger charge is 2.37. The monoisotopic (exact) mass is 379 g/mol. The molecule has 0 radical (unpaired) electrons. The number of nitrogens with zero attached hydrogens (tertiary/aromatic N) is 3. The van der Waals surface area contributed by atoms with Gasteiger partial charge in [-0.05, 0) is 29.4 Å². The van der Waals surface area contributed by atoms with Gasteiger partial charge in [-0.3, -0.25) is 4.79 Å². The van der Waals surface area contributed by atoms with Gasteiger partial charge in [0.25, 0.3) is 12.3 Å². The highest BCUT2D eigenvalue weighted by Crippen LogP contribution is 2.34. The van der Waals surface area contributed by atoms with E-state index in [9.17, 15) is 18.0 Å². The van der Waals surface area contributed by atoms with Crippen LogP contribution in [0.3, 0.4) is 0 Å². The van der Waals surface area contributed by atoms with E-state index in [1.807, 2.05) is 24.3 Å². The molecule has 0 atom stereocenters. The van der Waals surface area contributed by atoms with Crippen LogP contribution in [-0.4, -0.2) is 26.6 Å². The molecule has 0 unspecified atom stereocenters. The molecule has 0 spiro atoms. The molecule has 1 aromatic heterocycles. The van der Waals surface area contributed by atoms with Crippen LogP contribution in [-0.2, 0) is 18.8 Å². The minimum Gasteiger partial charge on any atom is -0.330 e. The van der Waals surface area contributed by atoms with Gasteiger partial charge in [0.2, 0.25) is 0 Å². The molecule has 1 aromatic carbocycles. The standard InChI is InChI=1S/C20H24F3N3O/c1-20(2,3)16-7-5-4-6-13(16)10-26(14-8-9-14)19(27)17-15(18(22)23)11-25(12-21)24-17/h4-7,11,14,18H,8-10,12H2,1-3H3. The second-order valence-corrected chi connectivity index (χ2v) is 7.96. The number of amides is 1. The Morgan fingerprint density at radius 1 is 1.30 bits per heavy atom. The number of hydrogen-bond donors (Lipinski definition) is 0. The summed E-state index contributed by atoms with van der Waals surface area (Å²) in [7, 11) is 0. The van der Waals surface area contributed by atoms with Crippen molar-refractivity contribution in [1.29, 1.82) is 0 Å². The molecule has 1 fully saturated rings. The predicted octanol–water partition coefficient (Wildman–Crippen LogP) is 4.85. The fraction of sp³-hybridized carbons (Fsp3) is 0.500. The first-order valence-electron chi connectivity index (χ1n) is 9.03. The number of hydrogen-bond acceptors (Lipinski definition) is 2. The third-order valence-corrected chi connectivity index (χ3v) is 4.76. The van der Waals surface area contributed by atoms with Gasteiger partial charge in [-0.1, -0.05) is 45.0 Å². The van der Waals surface area contributed by atoms with E-state index in [4.69, 9.17) is 0 Å². The number of alkyl halides is 3. The Morgan fingerprint density at radius 2 is 1.96 bits per heavy atom. The molecule has 7 heteroatoms. The molecular weight excluding hydrogens is 355 g/mol. The lowest BCUT2D eigenvalue weighted by atomic mass is 9.83. The normalized spacial score (nSPS) is 14.6. The van der Waals surface area contributed by atoms with E-state index in [0.717, 1.165) is 34.8 Å². The van der Waals surface area contributed by atoms with Crippen LogP contribution in [0.4, 0.5) is 13.2 Å². The smallest absolute Gasteiger partial charge is 0.275 e. The first-order valence-corrected chi connectivity index (χ1v) is 9.03. The Hall–Kier alpha value is -2.31. The van der Waals surface area contributed by atoms with Crippen molar-refractivity contribution in [3.8, 4) is 0 Å². The molecule has 27 heavy (non-hydrogen) atoms. The zero-order valence-electron chi connectivity index (χ0n) is 15.8. The predicted molar refractivity (Wildman–Crippen MR) is 96.3 cm³/mol. The Labute approximate surface area is 157 Å². The Kier molecular flexibility index (Phi) is 5.31. The van der Waals surface area contributed by atoms with Crippen LogP contribution in [0.15, 0.2) is 30.5 Å². The van der Waals surface area contributed by atoms with E-state index in [0.29, 0.717) is 6.54 Å². The minimum atomic E-state index is -2.88. The van der Waals surface area contributed by atoms with Crippen molar-refractivity contribution < 1.29 is 18.0 Å². The van der Waals surface area contributed by atoms with Crippen molar-refractivity contribution in [2.75, 3.05) is 0 Å². The van der Waals surface area contributed by atoms with Gasteiger partial charge in [-0.15, -0.1) is 0 Å². The van der Waals surface area contributed by atoms with Gasteiger partial charge in [0.15, 0.2) is 12.5 Å². The van der Waals surface area contributed by atoms with Crippen molar-refractivity contribution in [1.82, 2.24) is 14.7 Å². The molecule has 2 aromatic rings. The molecule has 3 rings (SSSR count). The fourth-order valence-electron chi connectivity index (χ4n) is 3.29. The molecule has 1 aliphatic carbocycles. The summed E-state index contributed by atoms with van der Waals surface area (Å²) < 4.78 is 40.3. The van der Waals surface area contributed by atoms with Crippen molar-refractivity contribution >= 4 is 5.91 Å². The summed E-state index contributed by atoms with van der Waals surface area (Å²) >= 11 is 0. The third-order valence-electron chi connectivity index (χ3n) is 4.76. The van der Waals surface area contributed by atoms with Crippen molar-refractivity contribution in [2.24, 2.45) is 0 Å². The number of aromatic nitrogens is 2. The average Bonchev–Trinajstić information content (AvgIpc) is 3.35. The van der Waals surface area contributed by atoms with E-state index in [1.54, 1.807) is 4.90 Å². The van der Waals surface area contributed by atoms with E-state index in [-0.39, 0.29) is 17.2 Å². The quantitative estimate of drug-likeness (QED) is 0.720. The van der Waals surface area contributed by atoms with E-state index in [2.05, 4.69) is 25.9 Å². The highest BCUT2D eigenvalue weighted by atomic mass is 19.3. The van der Waals surface area contributed by atoms with Gasteiger partial charge in [0, 0.05) is 18.8 Å². The molecule has 1 heterocycles. The Bertz CT molecular complexity index is 822. The first-order chi connectivity index (χ1) is 12.7. The van der Waals surface area contributed by atoms with Gasteiger partial charge >= 0.3 is 0 Å². The maximum Gasteiger partial charge on any atom is 0.275 e. The summed E-state index contributed by atoms with van der Waals surface area (Å²) in [5.74, 6) is -0.566. The summed E-state index contributed by atoms with van der Waals surface area (Å²) in [6.45, 7) is 5.54. The van der Waals surface area contributed by atoms with Gasteiger partial charge in [0.1, 0.15) is 0 Å². The second-order valence-electron chi connectivity index (χ2n) is 7.96. The van der Waals surface area contributed by atoms with Crippen molar-refractivity contribution in [3.63, 3.8) is 0 Å². The van der Waals surface area contributed by atoms with Crippen LogP contribution in [0.25, 0.3) is 0 Å². The van der Waals surface area contributed by atoms with Crippen LogP contribution in [0.5, 0.6) is 0 Å². The van der Waals surface area contributed by atoms with Gasteiger partial charge < -0.3 is 4.90 Å². The Morgan fingerprint density at radius 3 is 2.52 bits per heavy atom. The third kappa shape index (κ3) is 4.17. The van der Waals surface area contributed by atoms with Crippen LogP contribution >= 0.6 is 0 Å². The molecule has 146 valence electrons. The van der Waals surface area contributed by atoms with Gasteiger partial charge in [-0.2, -0.15) is 5.10 Å². The van der Waals surface area contributed by atoms with Crippen LogP contribution < -0.4 is 0 Å². The molecule has 0 bridgehead atoms. The molecular formula is C20H24F3N3O. The molecule has 0 N–H and O–H groups in total. The van der Waals surface area contributed by atoms with Crippen molar-refractivity contribution in [3.05, 3.63) is 52.8 Å². The lowest BCUT2D eigenvalue weighted by molar-refractivity contribution is 0.0710. The number of carbonyl (C=O) groups excluding carboxylic acids is 1. The van der Waals surface area contributed by atoms with Crippen LogP contribution in [0.1, 0.15) is 67.2 Å². The van der Waals surface area contributed by atoms with Gasteiger partial charge in [0.05, 0.1) is 5.56 Å². The Balaban J connectivity index is 1.94. The lowest BCUT2D eigenvalue weighted by Gasteiger charge is -2.27. The summed E-state index contributed by atoms with van der Waals surface area (Å²) in [5, 5.41) is 3.76. The largest absolute Gasteiger partial charge is 0.330 e. The summed E-state index contributed by atoms with van der Waals surface area (Å²) in [5.41, 5.74) is 1.09. The summed E-state index contributed by atoms with van der Waals surface area (Å²) in [6, 6.07) is 7.84. The summed E-state index contributed by atoms with van der Waals surface area (Å²) in [4.78, 5) is 14.6. The zero-order chi connectivity index (χ0) is 19.8. The first kappa shape index (κ1) is 19.5. The molecule has 4 nitrogen and oxygen atoms in total. The number of carbonyl (C=O) groups is 1. The number of benzene rings is 1. The fourth-order valence-corrected chi connectivity index (χ4v) is 3.29. The molecule has 0 aliphatic heterocycles. The van der Waals surface area contributed by atoms with Crippen molar-refractivity contribution in [2.45, 2.75) is 64.8 Å². The summed E-state index contributed by atoms with van der Waals surface area (Å²) in [6.07, 6.45) is -0.312.